The Morgan fingerprint density at radius 1 is 1.31 bits per heavy atom. The van der Waals surface area contributed by atoms with E-state index in [0.717, 1.165) is 22.9 Å². The molecule has 0 saturated carbocycles. The first kappa shape index (κ1) is 20.1. The molecule has 0 aromatic heterocycles. The molecule has 1 aliphatic rings. The average molecular weight is 393 g/mol. The van der Waals surface area contributed by atoms with E-state index in [0.29, 0.717) is 4.91 Å². The summed E-state index contributed by atoms with van der Waals surface area (Å²) in [7, 11) is 0. The third-order valence-corrected chi connectivity index (χ3v) is 5.18. The van der Waals surface area contributed by atoms with Crippen LogP contribution in [0.3, 0.4) is 0 Å². The first-order valence-electron chi connectivity index (χ1n) is 8.03. The normalized spacial score (nSPS) is 17.1. The first-order valence-corrected chi connectivity index (χ1v) is 9.25. The Morgan fingerprint density at radius 3 is 2.46 bits per heavy atom. The Morgan fingerprint density at radius 2 is 1.92 bits per heavy atom. The molecular weight excluding hydrogens is 372 g/mol. The summed E-state index contributed by atoms with van der Waals surface area (Å²) in [5.74, 6) is -2.30. The molecule has 0 aliphatic carbocycles. The number of benzene rings is 1. The van der Waals surface area contributed by atoms with Gasteiger partial charge in [0.25, 0.3) is 5.91 Å². The molecule has 1 saturated heterocycles. The van der Waals surface area contributed by atoms with E-state index in [1.807, 2.05) is 31.2 Å². The zero-order valence-corrected chi connectivity index (χ0v) is 16.3. The molecule has 1 atom stereocenters. The molecular formula is C18H20N2O4S2. The Labute approximate surface area is 161 Å². The summed E-state index contributed by atoms with van der Waals surface area (Å²) in [6, 6.07) is 6.67. The lowest BCUT2D eigenvalue weighted by Crippen LogP contribution is -2.48. The van der Waals surface area contributed by atoms with E-state index in [9.17, 15) is 14.4 Å². The minimum Gasteiger partial charge on any atom is -0.480 e. The van der Waals surface area contributed by atoms with Crippen molar-refractivity contribution in [1.29, 1.82) is 0 Å². The Balaban J connectivity index is 2.08. The SMILES string of the molecule is Cc1ccc(/C=C2/SC(=S)N(CC(=O)N[C@@H](C(=O)O)C(C)C)C2=O)cc1. The average Bonchev–Trinajstić information content (AvgIpc) is 2.81. The van der Waals surface area contributed by atoms with E-state index in [1.54, 1.807) is 19.9 Å². The van der Waals surface area contributed by atoms with Gasteiger partial charge in [-0.05, 0) is 24.5 Å². The van der Waals surface area contributed by atoms with E-state index < -0.39 is 17.9 Å². The maximum atomic E-state index is 12.5. The second-order valence-corrected chi connectivity index (χ2v) is 7.98. The van der Waals surface area contributed by atoms with Gasteiger partial charge in [-0.25, -0.2) is 4.79 Å². The molecule has 1 aromatic rings. The molecule has 138 valence electrons. The summed E-state index contributed by atoms with van der Waals surface area (Å²) in [5.41, 5.74) is 1.98. The molecule has 0 spiro atoms. The Kier molecular flexibility index (Phi) is 6.55. The minimum atomic E-state index is -1.11. The summed E-state index contributed by atoms with van der Waals surface area (Å²) >= 11 is 6.32. The van der Waals surface area contributed by atoms with Crippen LogP contribution < -0.4 is 5.32 Å². The number of aryl methyl sites for hydroxylation is 1. The highest BCUT2D eigenvalue weighted by Gasteiger charge is 2.34. The number of hydrogen-bond donors (Lipinski definition) is 2. The van der Waals surface area contributed by atoms with Gasteiger partial charge in [0.2, 0.25) is 5.91 Å². The third-order valence-electron chi connectivity index (χ3n) is 3.80. The molecule has 0 bridgehead atoms. The van der Waals surface area contributed by atoms with Crippen molar-refractivity contribution in [3.05, 3.63) is 40.3 Å². The molecule has 0 radical (unpaired) electrons. The number of carbonyl (C=O) groups excluding carboxylic acids is 2. The van der Waals surface area contributed by atoms with Crippen LogP contribution in [0.25, 0.3) is 6.08 Å². The summed E-state index contributed by atoms with van der Waals surface area (Å²) in [6.45, 7) is 5.07. The second-order valence-electron chi connectivity index (χ2n) is 6.31. The van der Waals surface area contributed by atoms with Gasteiger partial charge in [-0.3, -0.25) is 14.5 Å². The smallest absolute Gasteiger partial charge is 0.326 e. The molecule has 1 heterocycles. The van der Waals surface area contributed by atoms with Gasteiger partial charge in [-0.15, -0.1) is 0 Å². The Hall–Kier alpha value is -2.19. The highest BCUT2D eigenvalue weighted by Crippen LogP contribution is 2.32. The molecule has 6 nitrogen and oxygen atoms in total. The van der Waals surface area contributed by atoms with E-state index in [-0.39, 0.29) is 22.7 Å². The van der Waals surface area contributed by atoms with Crippen LogP contribution in [0.1, 0.15) is 25.0 Å². The fourth-order valence-electron chi connectivity index (χ4n) is 2.33. The number of carbonyl (C=O) groups is 3. The number of carboxylic acid groups (broad SMARTS) is 1. The van der Waals surface area contributed by atoms with E-state index >= 15 is 0 Å². The van der Waals surface area contributed by atoms with Gasteiger partial charge >= 0.3 is 5.97 Å². The topological polar surface area (TPSA) is 86.7 Å². The Bertz CT molecular complexity index is 772. The van der Waals surface area contributed by atoms with Gasteiger partial charge < -0.3 is 10.4 Å². The van der Waals surface area contributed by atoms with Crippen LogP contribution in [0.5, 0.6) is 0 Å². The number of rotatable bonds is 6. The van der Waals surface area contributed by atoms with Crippen molar-refractivity contribution in [2.45, 2.75) is 26.8 Å². The second kappa shape index (κ2) is 8.46. The van der Waals surface area contributed by atoms with Crippen LogP contribution in [-0.2, 0) is 14.4 Å². The highest BCUT2D eigenvalue weighted by atomic mass is 32.2. The molecule has 2 amide bonds. The lowest BCUT2D eigenvalue weighted by atomic mass is 10.0. The predicted octanol–water partition coefficient (Wildman–Crippen LogP) is 2.42. The largest absolute Gasteiger partial charge is 0.480 e. The molecule has 8 heteroatoms. The first-order chi connectivity index (χ1) is 12.2. The molecule has 1 fully saturated rings. The van der Waals surface area contributed by atoms with Crippen LogP contribution in [0.4, 0.5) is 0 Å². The van der Waals surface area contributed by atoms with E-state index in [1.165, 1.54) is 4.90 Å². The van der Waals surface area contributed by atoms with Gasteiger partial charge in [0.05, 0.1) is 4.91 Å². The van der Waals surface area contributed by atoms with Gasteiger partial charge in [-0.2, -0.15) is 0 Å². The molecule has 2 N–H and O–H groups in total. The number of hydrogen-bond acceptors (Lipinski definition) is 5. The van der Waals surface area contributed by atoms with Crippen LogP contribution >= 0.6 is 24.0 Å². The third kappa shape index (κ3) is 4.92. The zero-order chi connectivity index (χ0) is 19.4. The van der Waals surface area contributed by atoms with Crippen LogP contribution in [0.2, 0.25) is 0 Å². The van der Waals surface area contributed by atoms with Crippen molar-refractivity contribution in [2.75, 3.05) is 6.54 Å². The van der Waals surface area contributed by atoms with Crippen molar-refractivity contribution in [1.82, 2.24) is 10.2 Å². The number of amides is 2. The molecule has 2 rings (SSSR count). The summed E-state index contributed by atoms with van der Waals surface area (Å²) in [6.07, 6.45) is 1.73. The lowest BCUT2D eigenvalue weighted by molar-refractivity contribution is -0.143. The van der Waals surface area contributed by atoms with Crippen molar-refractivity contribution >= 4 is 52.2 Å². The molecule has 1 aliphatic heterocycles. The standard InChI is InChI=1S/C18H20N2O4S2/c1-10(2)15(17(23)24)19-14(21)9-20-16(22)13(26-18(20)25)8-12-6-4-11(3)5-7-12/h4-8,10,15H,9H2,1-3H3,(H,19,21)(H,23,24)/b13-8+/t15-/m1/s1. The molecule has 1 aromatic carbocycles. The number of thiocarbonyl (C=S) groups is 1. The number of carboxylic acids is 1. The van der Waals surface area contributed by atoms with E-state index in [2.05, 4.69) is 5.32 Å². The summed E-state index contributed by atoms with van der Waals surface area (Å²) < 4.78 is 0.278. The van der Waals surface area contributed by atoms with Crippen molar-refractivity contribution in [3.8, 4) is 0 Å². The molecule has 0 unspecified atom stereocenters. The number of thioether (sulfide) groups is 1. The highest BCUT2D eigenvalue weighted by molar-refractivity contribution is 8.26. The van der Waals surface area contributed by atoms with Gasteiger partial charge in [0.1, 0.15) is 16.9 Å². The zero-order valence-electron chi connectivity index (χ0n) is 14.7. The minimum absolute atomic E-state index is 0.274. The maximum Gasteiger partial charge on any atom is 0.326 e. The summed E-state index contributed by atoms with van der Waals surface area (Å²) in [5, 5.41) is 11.6. The van der Waals surface area contributed by atoms with Crippen molar-refractivity contribution < 1.29 is 19.5 Å². The lowest BCUT2D eigenvalue weighted by Gasteiger charge is -2.20. The van der Waals surface area contributed by atoms with Crippen molar-refractivity contribution in [2.24, 2.45) is 5.92 Å². The van der Waals surface area contributed by atoms with Crippen LogP contribution in [0, 0.1) is 12.8 Å². The quantitative estimate of drug-likeness (QED) is 0.571. The maximum absolute atomic E-state index is 12.5. The van der Waals surface area contributed by atoms with Gasteiger partial charge in [-0.1, -0.05) is 67.7 Å². The van der Waals surface area contributed by atoms with Crippen LogP contribution in [-0.4, -0.2) is 44.7 Å². The number of nitrogens with one attached hydrogen (secondary N) is 1. The number of nitrogens with zero attached hydrogens (tertiary/aromatic N) is 1. The van der Waals surface area contributed by atoms with Gasteiger partial charge in [0.15, 0.2) is 0 Å². The fraction of sp³-hybridized carbons (Fsp3) is 0.333. The predicted molar refractivity (Wildman–Crippen MR) is 105 cm³/mol. The molecule has 26 heavy (non-hydrogen) atoms. The van der Waals surface area contributed by atoms with Gasteiger partial charge in [0, 0.05) is 0 Å². The van der Waals surface area contributed by atoms with Crippen molar-refractivity contribution in [3.63, 3.8) is 0 Å². The summed E-state index contributed by atoms with van der Waals surface area (Å²) in [4.78, 5) is 37.5. The fourth-order valence-corrected chi connectivity index (χ4v) is 3.58. The monoisotopic (exact) mass is 392 g/mol. The number of aliphatic carboxylic acids is 1. The van der Waals surface area contributed by atoms with E-state index in [4.69, 9.17) is 17.3 Å². The van der Waals surface area contributed by atoms with Crippen LogP contribution in [0.15, 0.2) is 29.2 Å².